The maximum atomic E-state index is 5.51. The highest BCUT2D eigenvalue weighted by atomic mass is 32.1. The van der Waals surface area contributed by atoms with Crippen LogP contribution < -0.4 is 4.80 Å². The van der Waals surface area contributed by atoms with Gasteiger partial charge >= 0.3 is 0 Å². The van der Waals surface area contributed by atoms with Crippen LogP contribution in [0.3, 0.4) is 0 Å². The molecular weight excluding hydrogens is 378 g/mol. The minimum Gasteiger partial charge on any atom is -0.379 e. The summed E-state index contributed by atoms with van der Waals surface area (Å²) < 4.78 is 7.90. The number of hydrogen-bond donors (Lipinski definition) is 0. The van der Waals surface area contributed by atoms with Crippen LogP contribution in [0.4, 0.5) is 5.69 Å². The molecule has 0 amide bonds. The van der Waals surface area contributed by atoms with E-state index in [1.807, 2.05) is 0 Å². The lowest BCUT2D eigenvalue weighted by atomic mass is 10.0. The molecule has 1 aliphatic rings. The number of nitrogens with zero attached hydrogens (tertiary/aromatic N) is 3. The quantitative estimate of drug-likeness (QED) is 0.613. The van der Waals surface area contributed by atoms with Gasteiger partial charge in [-0.15, -0.1) is 11.3 Å². The molecule has 29 heavy (non-hydrogen) atoms. The number of aryl methyl sites for hydroxylation is 3. The summed E-state index contributed by atoms with van der Waals surface area (Å²) in [6, 6.07) is 15.0. The van der Waals surface area contributed by atoms with Gasteiger partial charge in [-0.3, -0.25) is 4.90 Å². The van der Waals surface area contributed by atoms with Crippen LogP contribution in [0.2, 0.25) is 0 Å². The second-order valence-corrected chi connectivity index (χ2v) is 8.56. The first-order chi connectivity index (χ1) is 14.1. The van der Waals surface area contributed by atoms with Crippen LogP contribution in [0.5, 0.6) is 0 Å². The molecule has 152 valence electrons. The van der Waals surface area contributed by atoms with Crippen molar-refractivity contribution in [2.75, 3.05) is 32.8 Å². The number of rotatable bonds is 5. The smallest absolute Gasteiger partial charge is 0.190 e. The van der Waals surface area contributed by atoms with E-state index in [1.54, 1.807) is 11.3 Å². The molecule has 5 heteroatoms. The first kappa shape index (κ1) is 20.1. The van der Waals surface area contributed by atoms with Gasteiger partial charge in [0.25, 0.3) is 0 Å². The minimum atomic E-state index is 0.832. The van der Waals surface area contributed by atoms with Crippen LogP contribution in [0, 0.1) is 20.8 Å². The zero-order chi connectivity index (χ0) is 20.2. The Morgan fingerprint density at radius 3 is 2.52 bits per heavy atom. The van der Waals surface area contributed by atoms with Crippen LogP contribution in [-0.4, -0.2) is 42.3 Å². The molecule has 0 atom stereocenters. The number of hydrogen-bond acceptors (Lipinski definition) is 4. The van der Waals surface area contributed by atoms with Crippen molar-refractivity contribution in [2.45, 2.75) is 27.3 Å². The molecule has 4 nitrogen and oxygen atoms in total. The molecule has 0 spiro atoms. The Morgan fingerprint density at radius 1 is 0.966 bits per heavy atom. The Morgan fingerprint density at radius 2 is 1.76 bits per heavy atom. The summed E-state index contributed by atoms with van der Waals surface area (Å²) in [6.45, 7) is 12.1. The molecule has 3 aromatic rings. The van der Waals surface area contributed by atoms with E-state index in [1.165, 1.54) is 27.9 Å². The average Bonchev–Trinajstić information content (AvgIpc) is 3.11. The van der Waals surface area contributed by atoms with Gasteiger partial charge in [-0.05, 0) is 38.0 Å². The van der Waals surface area contributed by atoms with Gasteiger partial charge in [0.2, 0.25) is 0 Å². The third-order valence-corrected chi connectivity index (χ3v) is 6.39. The van der Waals surface area contributed by atoms with E-state index in [0.29, 0.717) is 0 Å². The molecule has 0 saturated carbocycles. The van der Waals surface area contributed by atoms with Crippen LogP contribution in [-0.2, 0) is 11.3 Å². The molecule has 0 radical (unpaired) electrons. The number of thiazole rings is 1. The average molecular weight is 408 g/mol. The summed E-state index contributed by atoms with van der Waals surface area (Å²) in [7, 11) is 0. The third kappa shape index (κ3) is 4.69. The summed E-state index contributed by atoms with van der Waals surface area (Å²) >= 11 is 1.73. The number of aromatic nitrogens is 1. The third-order valence-electron chi connectivity index (χ3n) is 5.53. The van der Waals surface area contributed by atoms with Crippen molar-refractivity contribution in [3.8, 4) is 11.3 Å². The molecule has 0 N–H and O–H groups in total. The van der Waals surface area contributed by atoms with Gasteiger partial charge < -0.3 is 9.30 Å². The maximum Gasteiger partial charge on any atom is 0.190 e. The summed E-state index contributed by atoms with van der Waals surface area (Å²) in [5.41, 5.74) is 7.40. The first-order valence-corrected chi connectivity index (χ1v) is 11.2. The van der Waals surface area contributed by atoms with Crippen molar-refractivity contribution in [3.05, 3.63) is 69.3 Å². The van der Waals surface area contributed by atoms with Crippen molar-refractivity contribution < 1.29 is 4.74 Å². The molecule has 4 rings (SSSR count). The number of benzene rings is 2. The molecule has 1 aliphatic heterocycles. The fourth-order valence-corrected chi connectivity index (χ4v) is 4.75. The van der Waals surface area contributed by atoms with Crippen molar-refractivity contribution >= 4 is 17.0 Å². The summed E-state index contributed by atoms with van der Waals surface area (Å²) in [5.74, 6) is 0. The monoisotopic (exact) mass is 407 g/mol. The lowest BCUT2D eigenvalue weighted by molar-refractivity contribution is 0.0363. The molecule has 1 saturated heterocycles. The van der Waals surface area contributed by atoms with E-state index in [4.69, 9.17) is 9.73 Å². The van der Waals surface area contributed by atoms with Crippen LogP contribution >= 0.6 is 11.3 Å². The number of para-hydroxylation sites is 1. The molecular formula is C24H29N3OS. The van der Waals surface area contributed by atoms with E-state index < -0.39 is 0 Å². The van der Waals surface area contributed by atoms with Crippen LogP contribution in [0.1, 0.15) is 16.7 Å². The molecule has 2 aromatic carbocycles. The van der Waals surface area contributed by atoms with Gasteiger partial charge in [-0.25, -0.2) is 4.99 Å². The Kier molecular flexibility index (Phi) is 6.28. The molecule has 0 bridgehead atoms. The van der Waals surface area contributed by atoms with Gasteiger partial charge in [0.15, 0.2) is 4.80 Å². The Labute approximate surface area is 177 Å². The number of morpholine rings is 1. The highest BCUT2D eigenvalue weighted by Gasteiger charge is 2.14. The van der Waals surface area contributed by atoms with E-state index in [-0.39, 0.29) is 0 Å². The van der Waals surface area contributed by atoms with Gasteiger partial charge in [-0.1, -0.05) is 42.0 Å². The second kappa shape index (κ2) is 9.08. The van der Waals surface area contributed by atoms with Gasteiger partial charge in [0.1, 0.15) is 0 Å². The zero-order valence-corrected chi connectivity index (χ0v) is 18.3. The van der Waals surface area contributed by atoms with E-state index >= 15 is 0 Å². The van der Waals surface area contributed by atoms with Gasteiger partial charge in [-0.2, -0.15) is 0 Å². The summed E-state index contributed by atoms with van der Waals surface area (Å²) in [6.07, 6.45) is 0. The van der Waals surface area contributed by atoms with Crippen molar-refractivity contribution in [1.29, 1.82) is 0 Å². The van der Waals surface area contributed by atoms with E-state index in [9.17, 15) is 0 Å². The van der Waals surface area contributed by atoms with Gasteiger partial charge in [0, 0.05) is 37.1 Å². The summed E-state index contributed by atoms with van der Waals surface area (Å²) in [5, 5.41) is 2.26. The lowest BCUT2D eigenvalue weighted by Gasteiger charge is -2.27. The predicted octanol–water partition coefficient (Wildman–Crippen LogP) is 4.71. The fraction of sp³-hybridized carbons (Fsp3) is 0.375. The van der Waals surface area contributed by atoms with E-state index in [0.717, 1.165) is 49.9 Å². The molecule has 2 heterocycles. The van der Waals surface area contributed by atoms with Crippen molar-refractivity contribution in [2.24, 2.45) is 4.99 Å². The van der Waals surface area contributed by atoms with Crippen molar-refractivity contribution in [1.82, 2.24) is 9.47 Å². The van der Waals surface area contributed by atoms with Gasteiger partial charge in [0.05, 0.1) is 24.6 Å². The topological polar surface area (TPSA) is 29.8 Å². The zero-order valence-electron chi connectivity index (χ0n) is 17.5. The second-order valence-electron chi connectivity index (χ2n) is 7.73. The fourth-order valence-electron chi connectivity index (χ4n) is 3.81. The Balaban J connectivity index is 1.75. The molecule has 0 aliphatic carbocycles. The lowest BCUT2D eigenvalue weighted by Crippen LogP contribution is -2.39. The van der Waals surface area contributed by atoms with Crippen molar-refractivity contribution in [3.63, 3.8) is 0 Å². The Hall–Kier alpha value is -2.21. The highest BCUT2D eigenvalue weighted by molar-refractivity contribution is 7.07. The molecule has 0 unspecified atom stereocenters. The highest BCUT2D eigenvalue weighted by Crippen LogP contribution is 2.26. The van der Waals surface area contributed by atoms with E-state index in [2.05, 4.69) is 78.1 Å². The minimum absolute atomic E-state index is 0.832. The normalized spacial score (nSPS) is 15.8. The molecule has 1 aromatic heterocycles. The van der Waals surface area contributed by atoms with Crippen LogP contribution in [0.25, 0.3) is 11.3 Å². The SMILES string of the molecule is Cc1ccc(-c2csc(=Nc3ccccc3C)n2CCN2CCOCC2)c(C)c1. The standard InChI is InChI=1S/C24H29N3OS/c1-18-8-9-21(20(3)16-18)23-17-29-24(25-22-7-5-4-6-19(22)2)27(23)11-10-26-12-14-28-15-13-26/h4-9,16-17H,10-15H2,1-3H3. The summed E-state index contributed by atoms with van der Waals surface area (Å²) in [4.78, 5) is 8.58. The maximum absolute atomic E-state index is 5.51. The largest absolute Gasteiger partial charge is 0.379 e. The Bertz CT molecular complexity index is 1040. The number of ether oxygens (including phenoxy) is 1. The first-order valence-electron chi connectivity index (χ1n) is 10.3. The predicted molar refractivity (Wildman–Crippen MR) is 121 cm³/mol. The molecule has 1 fully saturated rings. The van der Waals surface area contributed by atoms with Crippen LogP contribution in [0.15, 0.2) is 52.8 Å².